The molecule has 2 rings (SSSR count). The number of aromatic nitrogens is 1. The molecule has 0 atom stereocenters. The van der Waals surface area contributed by atoms with E-state index >= 15 is 0 Å². The number of halogens is 1. The minimum atomic E-state index is -0.481. The van der Waals surface area contributed by atoms with Crippen molar-refractivity contribution in [2.45, 2.75) is 25.8 Å². The predicted molar refractivity (Wildman–Crippen MR) is 81.2 cm³/mol. The zero-order valence-corrected chi connectivity index (χ0v) is 13.0. The molecule has 1 aromatic rings. The normalized spacial score (nSPS) is 15.5. The molecule has 0 saturated carbocycles. The number of nitrogens with zero attached hydrogens (tertiary/aromatic N) is 1. The highest BCUT2D eigenvalue weighted by atomic mass is 35.5. The molecule has 2 N–H and O–H groups in total. The summed E-state index contributed by atoms with van der Waals surface area (Å²) in [5.41, 5.74) is -0.494. The molecule has 0 aliphatic carbocycles. The minimum Gasteiger partial charge on any atom is -0.450 e. The number of pyridine rings is 1. The molecule has 0 bridgehead atoms. The van der Waals surface area contributed by atoms with Gasteiger partial charge in [0.05, 0.1) is 11.6 Å². The van der Waals surface area contributed by atoms with E-state index in [1.807, 2.05) is 0 Å². The molecule has 2 heterocycles. The van der Waals surface area contributed by atoms with Crippen LogP contribution in [0.1, 0.15) is 30.1 Å². The van der Waals surface area contributed by atoms with Gasteiger partial charge in [-0.1, -0.05) is 11.6 Å². The lowest BCUT2D eigenvalue weighted by molar-refractivity contribution is 0.0859. The summed E-state index contributed by atoms with van der Waals surface area (Å²) in [4.78, 5) is 39.3. The van der Waals surface area contributed by atoms with Crippen molar-refractivity contribution in [3.05, 3.63) is 33.2 Å². The summed E-state index contributed by atoms with van der Waals surface area (Å²) in [6.07, 6.45) is 2.23. The fourth-order valence-electron chi connectivity index (χ4n) is 2.31. The van der Waals surface area contributed by atoms with Crippen LogP contribution in [0.5, 0.6) is 0 Å². The van der Waals surface area contributed by atoms with Crippen LogP contribution in [0.15, 0.2) is 17.1 Å². The summed E-state index contributed by atoms with van der Waals surface area (Å²) in [7, 11) is 0. The number of carbonyl (C=O) groups excluding carboxylic acids is 2. The minimum absolute atomic E-state index is 0.0136. The van der Waals surface area contributed by atoms with Gasteiger partial charge in [0, 0.05) is 25.3 Å². The fraction of sp³-hybridized carbons (Fsp3) is 0.500. The van der Waals surface area contributed by atoms with Gasteiger partial charge in [-0.3, -0.25) is 9.59 Å². The number of H-pyrrole nitrogens is 1. The van der Waals surface area contributed by atoms with Gasteiger partial charge in [-0.2, -0.15) is 0 Å². The quantitative estimate of drug-likeness (QED) is 0.877. The third-order valence-electron chi connectivity index (χ3n) is 3.47. The summed E-state index contributed by atoms with van der Waals surface area (Å²) < 4.78 is 4.94. The molecule has 22 heavy (non-hydrogen) atoms. The second-order valence-electron chi connectivity index (χ2n) is 4.99. The summed E-state index contributed by atoms with van der Waals surface area (Å²) in [6, 6.07) is 1.25. The van der Waals surface area contributed by atoms with Crippen LogP contribution in [0, 0.1) is 0 Å². The number of piperidine rings is 1. The average Bonchev–Trinajstić information content (AvgIpc) is 2.50. The summed E-state index contributed by atoms with van der Waals surface area (Å²) in [5.74, 6) is -0.460. The first-order valence-electron chi connectivity index (χ1n) is 7.12. The van der Waals surface area contributed by atoms with Gasteiger partial charge in [-0.05, 0) is 25.8 Å². The molecule has 1 fully saturated rings. The van der Waals surface area contributed by atoms with Gasteiger partial charge in [-0.15, -0.1) is 0 Å². The van der Waals surface area contributed by atoms with Crippen LogP contribution in [0.25, 0.3) is 0 Å². The van der Waals surface area contributed by atoms with Gasteiger partial charge >= 0.3 is 6.09 Å². The van der Waals surface area contributed by atoms with Crippen molar-refractivity contribution in [3.8, 4) is 0 Å². The maximum atomic E-state index is 12.1. The second-order valence-corrected chi connectivity index (χ2v) is 5.43. The Kier molecular flexibility index (Phi) is 5.43. The van der Waals surface area contributed by atoms with Gasteiger partial charge in [0.2, 0.25) is 0 Å². The van der Waals surface area contributed by atoms with E-state index in [1.54, 1.807) is 11.8 Å². The van der Waals surface area contributed by atoms with Crippen LogP contribution >= 0.6 is 11.6 Å². The van der Waals surface area contributed by atoms with Crippen molar-refractivity contribution in [3.63, 3.8) is 0 Å². The monoisotopic (exact) mass is 327 g/mol. The number of rotatable bonds is 3. The summed E-state index contributed by atoms with van der Waals surface area (Å²) >= 11 is 5.78. The Morgan fingerprint density at radius 1 is 1.45 bits per heavy atom. The lowest BCUT2D eigenvalue weighted by atomic mass is 10.0. The maximum Gasteiger partial charge on any atom is 0.409 e. The topological polar surface area (TPSA) is 91.5 Å². The fourth-order valence-corrected chi connectivity index (χ4v) is 2.47. The Bertz CT molecular complexity index is 608. The van der Waals surface area contributed by atoms with Crippen molar-refractivity contribution >= 4 is 23.6 Å². The number of likely N-dealkylation sites (tertiary alicyclic amines) is 1. The molecule has 7 nitrogen and oxygen atoms in total. The van der Waals surface area contributed by atoms with Gasteiger partial charge in [0.15, 0.2) is 0 Å². The molecule has 0 spiro atoms. The van der Waals surface area contributed by atoms with Crippen LogP contribution in [0.2, 0.25) is 5.02 Å². The number of ether oxygens (including phenoxy) is 1. The number of carbonyl (C=O) groups is 2. The van der Waals surface area contributed by atoms with Crippen molar-refractivity contribution in [1.82, 2.24) is 15.2 Å². The first-order chi connectivity index (χ1) is 10.5. The Labute approximate surface area is 132 Å². The smallest absolute Gasteiger partial charge is 0.409 e. The van der Waals surface area contributed by atoms with Crippen LogP contribution in [-0.4, -0.2) is 47.6 Å². The molecule has 1 aliphatic heterocycles. The number of nitrogens with one attached hydrogen (secondary N) is 2. The predicted octanol–water partition coefficient (Wildman–Crippen LogP) is 1.38. The zero-order chi connectivity index (χ0) is 16.1. The first-order valence-corrected chi connectivity index (χ1v) is 7.50. The highest BCUT2D eigenvalue weighted by molar-refractivity contribution is 6.30. The van der Waals surface area contributed by atoms with Crippen LogP contribution in [0.3, 0.4) is 0 Å². The standard InChI is InChI=1S/C14H18ClN3O4/c1-2-22-14(21)18-5-3-10(4-6-18)17-13(20)11-7-9(15)8-16-12(11)19/h7-8,10H,2-6H2,1H3,(H,16,19)(H,17,20). The van der Waals surface area contributed by atoms with E-state index in [4.69, 9.17) is 16.3 Å². The van der Waals surface area contributed by atoms with Crippen molar-refractivity contribution < 1.29 is 14.3 Å². The van der Waals surface area contributed by atoms with Crippen molar-refractivity contribution in [2.75, 3.05) is 19.7 Å². The third-order valence-corrected chi connectivity index (χ3v) is 3.69. The highest BCUT2D eigenvalue weighted by Crippen LogP contribution is 2.12. The van der Waals surface area contributed by atoms with Crippen LogP contribution < -0.4 is 10.9 Å². The molecule has 1 saturated heterocycles. The summed E-state index contributed by atoms with van der Waals surface area (Å²) in [6.45, 7) is 3.12. The molecule has 0 radical (unpaired) electrons. The first kappa shape index (κ1) is 16.4. The van der Waals surface area contributed by atoms with Gasteiger partial charge < -0.3 is 19.9 Å². The van der Waals surface area contributed by atoms with Gasteiger partial charge in [0.1, 0.15) is 5.56 Å². The average molecular weight is 328 g/mol. The second kappa shape index (κ2) is 7.31. The molecule has 120 valence electrons. The molecular formula is C14H18ClN3O4. The van der Waals surface area contributed by atoms with E-state index in [-0.39, 0.29) is 17.7 Å². The lowest BCUT2D eigenvalue weighted by Gasteiger charge is -2.31. The molecule has 8 heteroatoms. The Balaban J connectivity index is 1.90. The molecule has 1 aliphatic rings. The SMILES string of the molecule is CCOC(=O)N1CCC(NC(=O)c2cc(Cl)c[nH]c2=O)CC1. The maximum absolute atomic E-state index is 12.1. The van der Waals surface area contributed by atoms with Crippen molar-refractivity contribution in [2.24, 2.45) is 0 Å². The molecule has 2 amide bonds. The van der Waals surface area contributed by atoms with Crippen LogP contribution in [0.4, 0.5) is 4.79 Å². The van der Waals surface area contributed by atoms with Crippen molar-refractivity contribution in [1.29, 1.82) is 0 Å². The number of amides is 2. The highest BCUT2D eigenvalue weighted by Gasteiger charge is 2.25. The Hall–Kier alpha value is -2.02. The van der Waals surface area contributed by atoms with E-state index in [9.17, 15) is 14.4 Å². The van der Waals surface area contributed by atoms with E-state index in [2.05, 4.69) is 10.3 Å². The Morgan fingerprint density at radius 2 is 2.14 bits per heavy atom. The summed E-state index contributed by atoms with van der Waals surface area (Å²) in [5, 5.41) is 3.09. The third kappa shape index (κ3) is 4.00. The van der Waals surface area contributed by atoms with E-state index in [1.165, 1.54) is 12.3 Å². The largest absolute Gasteiger partial charge is 0.450 e. The molecular weight excluding hydrogens is 310 g/mol. The number of hydrogen-bond acceptors (Lipinski definition) is 4. The van der Waals surface area contributed by atoms with E-state index in [0.29, 0.717) is 37.6 Å². The van der Waals surface area contributed by atoms with Gasteiger partial charge in [0.25, 0.3) is 11.5 Å². The molecule has 1 aromatic heterocycles. The number of aromatic amines is 1. The molecule has 0 aromatic carbocycles. The lowest BCUT2D eigenvalue weighted by Crippen LogP contribution is -2.47. The van der Waals surface area contributed by atoms with E-state index in [0.717, 1.165) is 0 Å². The van der Waals surface area contributed by atoms with Gasteiger partial charge in [-0.25, -0.2) is 4.79 Å². The number of hydrogen-bond donors (Lipinski definition) is 2. The Morgan fingerprint density at radius 3 is 2.77 bits per heavy atom. The zero-order valence-electron chi connectivity index (χ0n) is 12.2. The van der Waals surface area contributed by atoms with E-state index < -0.39 is 11.5 Å². The van der Waals surface area contributed by atoms with Crippen LogP contribution in [-0.2, 0) is 4.74 Å². The molecule has 0 unspecified atom stereocenters.